The molecule has 0 spiro atoms. The lowest BCUT2D eigenvalue weighted by atomic mass is 9.99. The van der Waals surface area contributed by atoms with Crippen LogP contribution < -0.4 is 23.8 Å². The third-order valence-electron chi connectivity index (χ3n) is 7.14. The monoisotopic (exact) mass is 516 g/mol. The van der Waals surface area contributed by atoms with E-state index in [4.69, 9.17) is 18.9 Å². The van der Waals surface area contributed by atoms with Crippen LogP contribution in [-0.2, 0) is 6.54 Å². The van der Waals surface area contributed by atoms with Gasteiger partial charge >= 0.3 is 0 Å². The smallest absolute Gasteiger partial charge is 0.232 e. The number of piperazine rings is 1. The number of phenolic OH excluding ortho intramolecular Hbond substituents is 1. The maximum absolute atomic E-state index is 13.4. The predicted molar refractivity (Wildman–Crippen MR) is 146 cm³/mol. The zero-order valence-electron chi connectivity index (χ0n) is 22.1. The number of carbonyl (C=O) groups excluding carboxylic acids is 1. The van der Waals surface area contributed by atoms with Crippen LogP contribution in [0, 0.1) is 6.92 Å². The molecule has 1 saturated heterocycles. The standard InChI is InChI=1S/C30H32N2O6/c1-19-15-25(33)24(18-31-11-13-32(14-12-31)21-6-9-22(35-2)10-7-21)30-28(19)29(34)27(38-30)16-20-5-8-23(36-3)17-26(20)37-4/h5-10,15-17,33H,11-14,18H2,1-4H3/b27-16-. The Morgan fingerprint density at radius 2 is 1.61 bits per heavy atom. The number of nitrogens with zero attached hydrogens (tertiary/aromatic N) is 2. The number of allylic oxidation sites excluding steroid dienone is 1. The first-order valence-corrected chi connectivity index (χ1v) is 12.5. The van der Waals surface area contributed by atoms with Gasteiger partial charge in [-0.25, -0.2) is 0 Å². The van der Waals surface area contributed by atoms with E-state index in [0.29, 0.717) is 46.0 Å². The van der Waals surface area contributed by atoms with E-state index in [1.807, 2.05) is 25.1 Å². The van der Waals surface area contributed by atoms with Gasteiger partial charge in [-0.1, -0.05) is 0 Å². The molecule has 38 heavy (non-hydrogen) atoms. The predicted octanol–water partition coefficient (Wildman–Crippen LogP) is 4.66. The van der Waals surface area contributed by atoms with Gasteiger partial charge in [0.05, 0.1) is 32.5 Å². The molecule has 0 saturated carbocycles. The number of ether oxygens (including phenoxy) is 4. The van der Waals surface area contributed by atoms with Crippen molar-refractivity contribution >= 4 is 17.5 Å². The zero-order valence-corrected chi connectivity index (χ0v) is 22.1. The van der Waals surface area contributed by atoms with E-state index >= 15 is 0 Å². The van der Waals surface area contributed by atoms with Crippen LogP contribution in [0.5, 0.6) is 28.7 Å². The van der Waals surface area contributed by atoms with Gasteiger partial charge in [0.15, 0.2) is 5.76 Å². The van der Waals surface area contributed by atoms with Gasteiger partial charge in [0.2, 0.25) is 5.78 Å². The van der Waals surface area contributed by atoms with E-state index in [0.717, 1.165) is 37.6 Å². The second-order valence-corrected chi connectivity index (χ2v) is 9.40. The number of hydrogen-bond donors (Lipinski definition) is 1. The lowest BCUT2D eigenvalue weighted by Crippen LogP contribution is -2.46. The Balaban J connectivity index is 1.35. The Morgan fingerprint density at radius 3 is 2.26 bits per heavy atom. The summed E-state index contributed by atoms with van der Waals surface area (Å²) < 4.78 is 22.2. The van der Waals surface area contributed by atoms with E-state index < -0.39 is 0 Å². The van der Waals surface area contributed by atoms with Crippen LogP contribution in [0.2, 0.25) is 0 Å². The molecule has 0 aliphatic carbocycles. The number of ketones is 1. The molecule has 0 bridgehead atoms. The SMILES string of the molecule is COc1ccc(N2CCN(Cc3c(O)cc(C)c4c3O/C(=C\c3ccc(OC)cc3OC)C4=O)CC2)cc1. The van der Waals surface area contributed by atoms with Crippen molar-refractivity contribution in [1.29, 1.82) is 0 Å². The van der Waals surface area contributed by atoms with Crippen molar-refractivity contribution in [1.82, 2.24) is 4.90 Å². The van der Waals surface area contributed by atoms with E-state index in [1.165, 1.54) is 0 Å². The number of hydrogen-bond acceptors (Lipinski definition) is 8. The van der Waals surface area contributed by atoms with Gasteiger partial charge in [-0.15, -0.1) is 0 Å². The highest BCUT2D eigenvalue weighted by molar-refractivity contribution is 6.16. The summed E-state index contributed by atoms with van der Waals surface area (Å²) in [4.78, 5) is 18.0. The van der Waals surface area contributed by atoms with Gasteiger partial charge in [-0.3, -0.25) is 9.69 Å². The van der Waals surface area contributed by atoms with Crippen molar-refractivity contribution in [2.75, 3.05) is 52.4 Å². The summed E-state index contributed by atoms with van der Waals surface area (Å²) in [5, 5.41) is 10.9. The lowest BCUT2D eigenvalue weighted by molar-refractivity contribution is 0.101. The summed E-state index contributed by atoms with van der Waals surface area (Å²) in [6.45, 7) is 5.62. The normalized spacial score (nSPS) is 16.4. The average Bonchev–Trinajstić information content (AvgIpc) is 3.27. The summed E-state index contributed by atoms with van der Waals surface area (Å²) in [7, 11) is 4.82. The molecule has 2 heterocycles. The molecule has 5 rings (SSSR count). The van der Waals surface area contributed by atoms with Gasteiger partial charge in [-0.05, 0) is 61.0 Å². The van der Waals surface area contributed by atoms with Crippen LogP contribution in [0.3, 0.4) is 0 Å². The van der Waals surface area contributed by atoms with Gasteiger partial charge in [0.25, 0.3) is 0 Å². The fraction of sp³-hybridized carbons (Fsp3) is 0.300. The fourth-order valence-electron chi connectivity index (χ4n) is 4.99. The number of phenols is 1. The van der Waals surface area contributed by atoms with Gasteiger partial charge in [0, 0.05) is 50.0 Å². The van der Waals surface area contributed by atoms with Crippen LogP contribution in [0.25, 0.3) is 6.08 Å². The van der Waals surface area contributed by atoms with Crippen molar-refractivity contribution in [3.63, 3.8) is 0 Å². The second kappa shape index (κ2) is 10.7. The number of aryl methyl sites for hydroxylation is 1. The third kappa shape index (κ3) is 4.87. The van der Waals surface area contributed by atoms with E-state index in [2.05, 4.69) is 21.9 Å². The van der Waals surface area contributed by atoms with Gasteiger partial charge < -0.3 is 29.0 Å². The summed E-state index contributed by atoms with van der Waals surface area (Å²) >= 11 is 0. The number of Topliss-reactive ketones (excluding diaryl/α,β-unsaturated/α-hetero) is 1. The van der Waals surface area contributed by atoms with Crippen molar-refractivity contribution in [2.45, 2.75) is 13.5 Å². The highest BCUT2D eigenvalue weighted by Gasteiger charge is 2.34. The maximum Gasteiger partial charge on any atom is 0.232 e. The minimum absolute atomic E-state index is 0.134. The first kappa shape index (κ1) is 25.5. The Labute approximate surface area is 222 Å². The molecule has 0 amide bonds. The molecule has 2 aliphatic heterocycles. The zero-order chi connectivity index (χ0) is 26.8. The second-order valence-electron chi connectivity index (χ2n) is 9.40. The molecule has 198 valence electrons. The summed E-state index contributed by atoms with van der Waals surface area (Å²) in [5.41, 5.74) is 3.65. The Morgan fingerprint density at radius 1 is 0.921 bits per heavy atom. The molecule has 0 unspecified atom stereocenters. The molecular formula is C30H32N2O6. The van der Waals surface area contributed by atoms with Crippen LogP contribution in [-0.4, -0.2) is 63.3 Å². The molecule has 8 nitrogen and oxygen atoms in total. The Bertz CT molecular complexity index is 1370. The van der Waals surface area contributed by atoms with Crippen molar-refractivity contribution in [2.24, 2.45) is 0 Å². The number of aromatic hydroxyl groups is 1. The van der Waals surface area contributed by atoms with Crippen LogP contribution in [0.1, 0.15) is 27.0 Å². The van der Waals surface area contributed by atoms with Crippen LogP contribution in [0.15, 0.2) is 54.3 Å². The molecule has 1 N–H and O–H groups in total. The Hall–Kier alpha value is -4.17. The summed E-state index contributed by atoms with van der Waals surface area (Å²) in [6, 6.07) is 15.1. The first-order chi connectivity index (χ1) is 18.4. The van der Waals surface area contributed by atoms with Crippen LogP contribution >= 0.6 is 0 Å². The highest BCUT2D eigenvalue weighted by atomic mass is 16.5. The molecule has 0 atom stereocenters. The lowest BCUT2D eigenvalue weighted by Gasteiger charge is -2.36. The molecule has 3 aromatic carbocycles. The minimum Gasteiger partial charge on any atom is -0.507 e. The molecule has 1 fully saturated rings. The van der Waals surface area contributed by atoms with Crippen molar-refractivity contribution in [3.8, 4) is 28.7 Å². The molecule has 0 aromatic heterocycles. The fourth-order valence-corrected chi connectivity index (χ4v) is 4.99. The van der Waals surface area contributed by atoms with E-state index in [-0.39, 0.29) is 17.3 Å². The molecule has 3 aromatic rings. The summed E-state index contributed by atoms with van der Waals surface area (Å²) in [5.74, 6) is 2.62. The largest absolute Gasteiger partial charge is 0.507 e. The number of methoxy groups -OCH3 is 3. The number of anilines is 1. The topological polar surface area (TPSA) is 80.7 Å². The van der Waals surface area contributed by atoms with Crippen LogP contribution in [0.4, 0.5) is 5.69 Å². The third-order valence-corrected chi connectivity index (χ3v) is 7.14. The molecule has 0 radical (unpaired) electrons. The highest BCUT2D eigenvalue weighted by Crippen LogP contribution is 2.43. The van der Waals surface area contributed by atoms with Crippen molar-refractivity contribution < 1.29 is 28.8 Å². The first-order valence-electron chi connectivity index (χ1n) is 12.5. The van der Waals surface area contributed by atoms with E-state index in [9.17, 15) is 9.90 Å². The van der Waals surface area contributed by atoms with Gasteiger partial charge in [0.1, 0.15) is 28.7 Å². The van der Waals surface area contributed by atoms with Crippen molar-refractivity contribution in [3.05, 3.63) is 76.5 Å². The number of rotatable bonds is 7. The quantitative estimate of drug-likeness (QED) is 0.454. The maximum atomic E-state index is 13.4. The number of carbonyl (C=O) groups is 1. The van der Waals surface area contributed by atoms with E-state index in [1.54, 1.807) is 45.6 Å². The molecular weight excluding hydrogens is 484 g/mol. The average molecular weight is 517 g/mol. The molecule has 8 heteroatoms. The number of fused-ring (bicyclic) bond motifs is 1. The minimum atomic E-state index is -0.207. The number of benzene rings is 3. The summed E-state index contributed by atoms with van der Waals surface area (Å²) in [6.07, 6.45) is 1.68. The Kier molecular flexibility index (Phi) is 7.15. The molecule has 2 aliphatic rings. The van der Waals surface area contributed by atoms with Gasteiger partial charge in [-0.2, -0.15) is 0 Å².